The first-order valence-electron chi connectivity index (χ1n) is 5.16. The van der Waals surface area contributed by atoms with Gasteiger partial charge in [0.15, 0.2) is 0 Å². The number of Topliss-reactive ketones (excluding diaryl/α,β-unsaturated/α-hetero) is 1. The van der Waals surface area contributed by atoms with E-state index in [2.05, 4.69) is 0 Å². The maximum Gasteiger partial charge on any atom is 0.135 e. The molecule has 0 saturated carbocycles. The SMILES string of the molecule is CC(=O)C(C(C)C)C(O)COC(C)C. The Morgan fingerprint density at radius 2 is 1.79 bits per heavy atom. The van der Waals surface area contributed by atoms with Crippen LogP contribution in [0.1, 0.15) is 34.6 Å². The highest BCUT2D eigenvalue weighted by Crippen LogP contribution is 2.17. The van der Waals surface area contributed by atoms with Crippen molar-refractivity contribution in [1.82, 2.24) is 0 Å². The van der Waals surface area contributed by atoms with Crippen molar-refractivity contribution in [3.05, 3.63) is 0 Å². The molecule has 2 unspecified atom stereocenters. The van der Waals surface area contributed by atoms with Crippen LogP contribution in [0.4, 0.5) is 0 Å². The number of rotatable bonds is 6. The summed E-state index contributed by atoms with van der Waals surface area (Å²) in [7, 11) is 0. The van der Waals surface area contributed by atoms with Gasteiger partial charge in [0.1, 0.15) is 5.78 Å². The molecule has 0 aromatic heterocycles. The van der Waals surface area contributed by atoms with Gasteiger partial charge in [0.25, 0.3) is 0 Å². The van der Waals surface area contributed by atoms with Crippen LogP contribution < -0.4 is 0 Å². The van der Waals surface area contributed by atoms with Gasteiger partial charge in [0, 0.05) is 5.92 Å². The molecule has 0 rings (SSSR count). The van der Waals surface area contributed by atoms with E-state index < -0.39 is 6.10 Å². The number of hydrogen-bond donors (Lipinski definition) is 1. The third-order valence-corrected chi connectivity index (χ3v) is 2.20. The highest BCUT2D eigenvalue weighted by Gasteiger charge is 2.27. The van der Waals surface area contributed by atoms with Gasteiger partial charge >= 0.3 is 0 Å². The summed E-state index contributed by atoms with van der Waals surface area (Å²) < 4.78 is 5.28. The van der Waals surface area contributed by atoms with Crippen LogP contribution in [0.25, 0.3) is 0 Å². The van der Waals surface area contributed by atoms with Crippen molar-refractivity contribution in [3.8, 4) is 0 Å². The van der Waals surface area contributed by atoms with E-state index in [1.807, 2.05) is 27.7 Å². The molecule has 0 amide bonds. The van der Waals surface area contributed by atoms with Crippen molar-refractivity contribution >= 4 is 5.78 Å². The van der Waals surface area contributed by atoms with Crippen LogP contribution in [0.2, 0.25) is 0 Å². The number of aliphatic hydroxyl groups is 1. The van der Waals surface area contributed by atoms with Crippen molar-refractivity contribution < 1.29 is 14.6 Å². The van der Waals surface area contributed by atoms with Crippen molar-refractivity contribution in [2.75, 3.05) is 6.61 Å². The summed E-state index contributed by atoms with van der Waals surface area (Å²) in [4.78, 5) is 11.3. The molecule has 3 nitrogen and oxygen atoms in total. The minimum atomic E-state index is -0.685. The van der Waals surface area contributed by atoms with E-state index in [-0.39, 0.29) is 30.3 Å². The molecule has 84 valence electrons. The molecule has 0 aromatic rings. The van der Waals surface area contributed by atoms with Crippen molar-refractivity contribution in [2.24, 2.45) is 11.8 Å². The van der Waals surface area contributed by atoms with Crippen LogP contribution in [-0.4, -0.2) is 29.7 Å². The molecular weight excluding hydrogens is 180 g/mol. The summed E-state index contributed by atoms with van der Waals surface area (Å²) in [6.45, 7) is 9.44. The lowest BCUT2D eigenvalue weighted by molar-refractivity contribution is -0.128. The molecule has 0 aliphatic heterocycles. The van der Waals surface area contributed by atoms with E-state index in [0.717, 1.165) is 0 Å². The number of carbonyl (C=O) groups is 1. The fourth-order valence-electron chi connectivity index (χ4n) is 1.58. The third kappa shape index (κ3) is 4.72. The van der Waals surface area contributed by atoms with Gasteiger partial charge in [0.2, 0.25) is 0 Å². The molecule has 0 heterocycles. The van der Waals surface area contributed by atoms with Crippen molar-refractivity contribution in [2.45, 2.75) is 46.8 Å². The Morgan fingerprint density at radius 3 is 2.07 bits per heavy atom. The summed E-state index contributed by atoms with van der Waals surface area (Å²) in [5.74, 6) is -0.133. The zero-order valence-electron chi connectivity index (χ0n) is 9.78. The number of ketones is 1. The van der Waals surface area contributed by atoms with Crippen LogP contribution in [-0.2, 0) is 9.53 Å². The quantitative estimate of drug-likeness (QED) is 0.712. The Labute approximate surface area is 86.5 Å². The van der Waals surface area contributed by atoms with Gasteiger partial charge in [-0.15, -0.1) is 0 Å². The summed E-state index contributed by atoms with van der Waals surface area (Å²) in [5, 5.41) is 9.75. The number of carbonyl (C=O) groups excluding carboxylic acids is 1. The minimum absolute atomic E-state index is 0.0276. The fourth-order valence-corrected chi connectivity index (χ4v) is 1.58. The van der Waals surface area contributed by atoms with Crippen LogP contribution in [0, 0.1) is 11.8 Å². The molecule has 1 N–H and O–H groups in total. The van der Waals surface area contributed by atoms with Crippen molar-refractivity contribution in [3.63, 3.8) is 0 Å². The first-order chi connectivity index (χ1) is 6.36. The van der Waals surface area contributed by atoms with Gasteiger partial charge < -0.3 is 9.84 Å². The molecule has 0 aliphatic rings. The predicted octanol–water partition coefficient (Wildman–Crippen LogP) is 1.63. The number of aliphatic hydroxyl groups excluding tert-OH is 1. The Bertz CT molecular complexity index is 175. The molecule has 0 aliphatic carbocycles. The minimum Gasteiger partial charge on any atom is -0.390 e. The average Bonchev–Trinajstić information content (AvgIpc) is 1.99. The Kier molecular flexibility index (Phi) is 5.96. The van der Waals surface area contributed by atoms with Crippen LogP contribution in [0.15, 0.2) is 0 Å². The lowest BCUT2D eigenvalue weighted by Gasteiger charge is -2.24. The lowest BCUT2D eigenvalue weighted by Crippen LogP contribution is -2.35. The standard InChI is InChI=1S/C11H22O3/c1-7(2)11(9(5)12)10(13)6-14-8(3)4/h7-8,10-11,13H,6H2,1-5H3. The summed E-state index contributed by atoms with van der Waals surface area (Å²) in [5.41, 5.74) is 0. The summed E-state index contributed by atoms with van der Waals surface area (Å²) in [6, 6.07) is 0. The topological polar surface area (TPSA) is 46.5 Å². The lowest BCUT2D eigenvalue weighted by atomic mass is 9.87. The van der Waals surface area contributed by atoms with E-state index in [0.29, 0.717) is 0 Å². The summed E-state index contributed by atoms with van der Waals surface area (Å²) in [6.07, 6.45) is -0.598. The largest absolute Gasteiger partial charge is 0.390 e. The zero-order valence-corrected chi connectivity index (χ0v) is 9.78. The molecule has 0 fully saturated rings. The zero-order chi connectivity index (χ0) is 11.3. The molecule has 0 aromatic carbocycles. The van der Waals surface area contributed by atoms with Crippen LogP contribution in [0.3, 0.4) is 0 Å². The third-order valence-electron chi connectivity index (χ3n) is 2.20. The van der Waals surface area contributed by atoms with E-state index in [1.54, 1.807) is 0 Å². The average molecular weight is 202 g/mol. The summed E-state index contributed by atoms with van der Waals surface area (Å²) >= 11 is 0. The molecule has 0 bridgehead atoms. The normalized spacial score (nSPS) is 16.0. The van der Waals surface area contributed by atoms with Crippen LogP contribution in [0.5, 0.6) is 0 Å². The van der Waals surface area contributed by atoms with Gasteiger partial charge in [-0.2, -0.15) is 0 Å². The van der Waals surface area contributed by atoms with E-state index in [1.165, 1.54) is 6.92 Å². The second kappa shape index (κ2) is 6.14. The van der Waals surface area contributed by atoms with Gasteiger partial charge in [-0.1, -0.05) is 13.8 Å². The second-order valence-electron chi connectivity index (χ2n) is 4.33. The smallest absolute Gasteiger partial charge is 0.135 e. The Hall–Kier alpha value is -0.410. The fraction of sp³-hybridized carbons (Fsp3) is 0.909. The molecule has 0 radical (unpaired) electrons. The molecule has 3 heteroatoms. The second-order valence-corrected chi connectivity index (χ2v) is 4.33. The predicted molar refractivity (Wildman–Crippen MR) is 56.1 cm³/mol. The molecule has 0 spiro atoms. The first-order valence-corrected chi connectivity index (χ1v) is 5.16. The molecular formula is C11H22O3. The van der Waals surface area contributed by atoms with Gasteiger partial charge in [-0.05, 0) is 26.7 Å². The van der Waals surface area contributed by atoms with E-state index in [4.69, 9.17) is 4.74 Å². The van der Waals surface area contributed by atoms with Gasteiger partial charge in [-0.3, -0.25) is 4.79 Å². The first kappa shape index (κ1) is 13.6. The maximum absolute atomic E-state index is 11.3. The molecule has 14 heavy (non-hydrogen) atoms. The maximum atomic E-state index is 11.3. The number of hydrogen-bond acceptors (Lipinski definition) is 3. The van der Waals surface area contributed by atoms with E-state index in [9.17, 15) is 9.90 Å². The van der Waals surface area contributed by atoms with E-state index >= 15 is 0 Å². The van der Waals surface area contributed by atoms with Crippen LogP contribution >= 0.6 is 0 Å². The molecule has 0 saturated heterocycles. The number of ether oxygens (including phenoxy) is 1. The molecule has 2 atom stereocenters. The van der Waals surface area contributed by atoms with Crippen molar-refractivity contribution in [1.29, 1.82) is 0 Å². The monoisotopic (exact) mass is 202 g/mol. The highest BCUT2D eigenvalue weighted by molar-refractivity contribution is 5.79. The van der Waals surface area contributed by atoms with Gasteiger partial charge in [0.05, 0.1) is 18.8 Å². The Morgan fingerprint density at radius 1 is 1.29 bits per heavy atom. The highest BCUT2D eigenvalue weighted by atomic mass is 16.5. The Balaban J connectivity index is 4.16. The van der Waals surface area contributed by atoms with Gasteiger partial charge in [-0.25, -0.2) is 0 Å².